The zero-order chi connectivity index (χ0) is 22.7. The molecule has 0 radical (unpaired) electrons. The first-order chi connectivity index (χ1) is 15.5. The SMILES string of the molecule is COc1cc(C)c(CN2CCN(c3ccc(-c4cn[nH]c4)cc3)CCC2=O)cc1C(C)C. The third-order valence-corrected chi connectivity index (χ3v) is 6.32. The first-order valence-electron chi connectivity index (χ1n) is 11.3. The molecule has 0 unspecified atom stereocenters. The number of aryl methyl sites for hydroxylation is 1. The second-order valence-electron chi connectivity index (χ2n) is 8.76. The Hall–Kier alpha value is -3.28. The number of H-pyrrole nitrogens is 1. The highest BCUT2D eigenvalue weighted by Gasteiger charge is 2.22. The molecule has 1 aromatic heterocycles. The zero-order valence-electron chi connectivity index (χ0n) is 19.4. The molecule has 2 aromatic carbocycles. The molecule has 6 heteroatoms. The maximum atomic E-state index is 12.9. The maximum absolute atomic E-state index is 12.9. The Morgan fingerprint density at radius 3 is 2.53 bits per heavy atom. The van der Waals surface area contributed by atoms with Crippen molar-refractivity contribution in [3.63, 3.8) is 0 Å². The van der Waals surface area contributed by atoms with Crippen molar-refractivity contribution in [2.24, 2.45) is 0 Å². The van der Waals surface area contributed by atoms with Crippen LogP contribution in [-0.4, -0.2) is 47.7 Å². The molecule has 32 heavy (non-hydrogen) atoms. The third-order valence-electron chi connectivity index (χ3n) is 6.32. The average molecular weight is 433 g/mol. The van der Waals surface area contributed by atoms with E-state index in [1.807, 2.05) is 17.3 Å². The second-order valence-corrected chi connectivity index (χ2v) is 8.76. The van der Waals surface area contributed by atoms with Gasteiger partial charge in [-0.2, -0.15) is 5.10 Å². The highest BCUT2D eigenvalue weighted by Crippen LogP contribution is 2.30. The molecule has 1 N–H and O–H groups in total. The Morgan fingerprint density at radius 2 is 1.88 bits per heavy atom. The molecule has 1 aliphatic rings. The first kappa shape index (κ1) is 21.9. The summed E-state index contributed by atoms with van der Waals surface area (Å²) in [6.07, 6.45) is 4.24. The Balaban J connectivity index is 1.47. The van der Waals surface area contributed by atoms with Gasteiger partial charge in [0.25, 0.3) is 0 Å². The van der Waals surface area contributed by atoms with E-state index in [2.05, 4.69) is 72.3 Å². The number of benzene rings is 2. The number of rotatable bonds is 6. The molecule has 0 bridgehead atoms. The monoisotopic (exact) mass is 432 g/mol. The fourth-order valence-corrected chi connectivity index (χ4v) is 4.31. The van der Waals surface area contributed by atoms with Crippen LogP contribution in [0.2, 0.25) is 0 Å². The Labute approximate surface area is 190 Å². The summed E-state index contributed by atoms with van der Waals surface area (Å²) in [4.78, 5) is 17.2. The van der Waals surface area contributed by atoms with E-state index in [-0.39, 0.29) is 5.91 Å². The van der Waals surface area contributed by atoms with Crippen LogP contribution >= 0.6 is 0 Å². The number of aromatic amines is 1. The fraction of sp³-hybridized carbons (Fsp3) is 0.385. The van der Waals surface area contributed by atoms with E-state index in [1.54, 1.807) is 7.11 Å². The first-order valence-corrected chi connectivity index (χ1v) is 11.3. The van der Waals surface area contributed by atoms with Gasteiger partial charge in [0.15, 0.2) is 0 Å². The number of ether oxygens (including phenoxy) is 1. The van der Waals surface area contributed by atoms with E-state index in [4.69, 9.17) is 4.74 Å². The lowest BCUT2D eigenvalue weighted by Crippen LogP contribution is -2.33. The van der Waals surface area contributed by atoms with Crippen molar-refractivity contribution in [2.75, 3.05) is 31.6 Å². The van der Waals surface area contributed by atoms with E-state index >= 15 is 0 Å². The molecule has 0 atom stereocenters. The predicted molar refractivity (Wildman–Crippen MR) is 128 cm³/mol. The summed E-state index contributed by atoms with van der Waals surface area (Å²) in [5, 5.41) is 6.87. The fourth-order valence-electron chi connectivity index (χ4n) is 4.31. The lowest BCUT2D eigenvalue weighted by atomic mass is 9.96. The number of nitrogens with zero attached hydrogens (tertiary/aromatic N) is 3. The van der Waals surface area contributed by atoms with Crippen molar-refractivity contribution in [1.82, 2.24) is 15.1 Å². The smallest absolute Gasteiger partial charge is 0.224 e. The van der Waals surface area contributed by atoms with Crippen molar-refractivity contribution < 1.29 is 9.53 Å². The number of carbonyl (C=O) groups is 1. The highest BCUT2D eigenvalue weighted by atomic mass is 16.5. The van der Waals surface area contributed by atoms with Gasteiger partial charge in [0, 0.05) is 50.0 Å². The number of aromatic nitrogens is 2. The van der Waals surface area contributed by atoms with Gasteiger partial charge >= 0.3 is 0 Å². The number of hydrogen-bond acceptors (Lipinski definition) is 4. The van der Waals surface area contributed by atoms with Gasteiger partial charge in [-0.3, -0.25) is 9.89 Å². The Morgan fingerprint density at radius 1 is 1.09 bits per heavy atom. The van der Waals surface area contributed by atoms with Gasteiger partial charge in [0.2, 0.25) is 5.91 Å². The molecule has 2 heterocycles. The Kier molecular flexibility index (Phi) is 6.49. The summed E-state index contributed by atoms with van der Waals surface area (Å²) >= 11 is 0. The van der Waals surface area contributed by atoms with Gasteiger partial charge in [0.1, 0.15) is 5.75 Å². The number of anilines is 1. The maximum Gasteiger partial charge on any atom is 0.224 e. The summed E-state index contributed by atoms with van der Waals surface area (Å²) in [5.74, 6) is 1.50. The number of methoxy groups -OCH3 is 1. The van der Waals surface area contributed by atoms with Crippen molar-refractivity contribution >= 4 is 11.6 Å². The molecule has 0 saturated carbocycles. The van der Waals surface area contributed by atoms with Crippen LogP contribution in [0.25, 0.3) is 11.1 Å². The second kappa shape index (κ2) is 9.47. The van der Waals surface area contributed by atoms with Gasteiger partial charge in [0.05, 0.1) is 13.3 Å². The van der Waals surface area contributed by atoms with E-state index < -0.39 is 0 Å². The quantitative estimate of drug-likeness (QED) is 0.610. The summed E-state index contributed by atoms with van der Waals surface area (Å²) < 4.78 is 5.58. The van der Waals surface area contributed by atoms with Gasteiger partial charge in [-0.25, -0.2) is 0 Å². The molecule has 0 spiro atoms. The van der Waals surface area contributed by atoms with Gasteiger partial charge in [-0.05, 0) is 59.4 Å². The molecule has 1 fully saturated rings. The normalized spacial score (nSPS) is 14.7. The minimum Gasteiger partial charge on any atom is -0.496 e. The van der Waals surface area contributed by atoms with E-state index in [9.17, 15) is 4.79 Å². The number of carbonyl (C=O) groups excluding carboxylic acids is 1. The van der Waals surface area contributed by atoms with E-state index in [1.165, 1.54) is 11.1 Å². The van der Waals surface area contributed by atoms with Crippen LogP contribution in [-0.2, 0) is 11.3 Å². The molecule has 0 aliphatic carbocycles. The number of nitrogens with one attached hydrogen (secondary N) is 1. The van der Waals surface area contributed by atoms with E-state index in [0.717, 1.165) is 41.2 Å². The molecule has 1 amide bonds. The average Bonchev–Trinajstić information content (AvgIpc) is 3.27. The van der Waals surface area contributed by atoms with Gasteiger partial charge < -0.3 is 14.5 Å². The summed E-state index contributed by atoms with van der Waals surface area (Å²) in [5.41, 5.74) is 6.90. The van der Waals surface area contributed by atoms with Gasteiger partial charge in [-0.15, -0.1) is 0 Å². The third kappa shape index (κ3) is 4.64. The minimum absolute atomic E-state index is 0.212. The number of hydrogen-bond donors (Lipinski definition) is 1. The lowest BCUT2D eigenvalue weighted by molar-refractivity contribution is -0.130. The molecule has 168 valence electrons. The van der Waals surface area contributed by atoms with Crippen LogP contribution in [0.5, 0.6) is 5.75 Å². The molecule has 1 aliphatic heterocycles. The molecule has 6 nitrogen and oxygen atoms in total. The standard InChI is InChI=1S/C26H32N4O2/c1-18(2)24-14-21(19(3)13-25(24)32-4)17-30-12-11-29(10-9-26(30)31)23-7-5-20(6-8-23)22-15-27-28-16-22/h5-8,13-16,18H,9-12,17H2,1-4H3,(H,27,28). The van der Waals surface area contributed by atoms with Crippen LogP contribution < -0.4 is 9.64 Å². The highest BCUT2D eigenvalue weighted by molar-refractivity contribution is 5.77. The Bertz CT molecular complexity index is 1060. The minimum atomic E-state index is 0.212. The van der Waals surface area contributed by atoms with Crippen LogP contribution in [0.15, 0.2) is 48.8 Å². The molecular weight excluding hydrogens is 400 g/mol. The topological polar surface area (TPSA) is 61.5 Å². The number of amides is 1. The van der Waals surface area contributed by atoms with Crippen molar-refractivity contribution in [2.45, 2.75) is 39.7 Å². The molecule has 3 aromatic rings. The van der Waals surface area contributed by atoms with E-state index in [0.29, 0.717) is 25.4 Å². The molecule has 4 rings (SSSR count). The van der Waals surface area contributed by atoms with Gasteiger partial charge in [-0.1, -0.05) is 26.0 Å². The zero-order valence-corrected chi connectivity index (χ0v) is 19.4. The summed E-state index contributed by atoms with van der Waals surface area (Å²) in [6.45, 7) is 9.35. The van der Waals surface area contributed by atoms with Crippen molar-refractivity contribution in [3.8, 4) is 16.9 Å². The van der Waals surface area contributed by atoms with Crippen molar-refractivity contribution in [3.05, 3.63) is 65.5 Å². The van der Waals surface area contributed by atoms with Crippen LogP contribution in [0, 0.1) is 6.92 Å². The summed E-state index contributed by atoms with van der Waals surface area (Å²) in [6, 6.07) is 12.8. The largest absolute Gasteiger partial charge is 0.496 e. The van der Waals surface area contributed by atoms with Crippen LogP contribution in [0.3, 0.4) is 0 Å². The predicted octanol–water partition coefficient (Wildman–Crippen LogP) is 4.76. The van der Waals surface area contributed by atoms with Crippen LogP contribution in [0.4, 0.5) is 5.69 Å². The lowest BCUT2D eigenvalue weighted by Gasteiger charge is -2.25. The van der Waals surface area contributed by atoms with Crippen LogP contribution in [0.1, 0.15) is 42.9 Å². The molecular formula is C26H32N4O2. The summed E-state index contributed by atoms with van der Waals surface area (Å²) in [7, 11) is 1.72. The van der Waals surface area contributed by atoms with Crippen molar-refractivity contribution in [1.29, 1.82) is 0 Å². The molecule has 1 saturated heterocycles.